The lowest BCUT2D eigenvalue weighted by Gasteiger charge is -2.07. The first kappa shape index (κ1) is 11.5. The van der Waals surface area contributed by atoms with Gasteiger partial charge in [-0.2, -0.15) is 0 Å². The molecule has 0 saturated carbocycles. The largest absolute Gasteiger partial charge is 0.494 e. The molecule has 1 aromatic heterocycles. The molecule has 0 aliphatic heterocycles. The lowest BCUT2D eigenvalue weighted by Crippen LogP contribution is -1.97. The van der Waals surface area contributed by atoms with E-state index in [1.54, 1.807) is 6.20 Å². The Kier molecular flexibility index (Phi) is 3.97. The summed E-state index contributed by atoms with van der Waals surface area (Å²) in [6.45, 7) is 3.12. The van der Waals surface area contributed by atoms with Gasteiger partial charge in [0.2, 0.25) is 0 Å². The Balaban J connectivity index is 1.91. The number of benzene rings is 1. The molecular weight excluding hydrogens is 214 g/mol. The van der Waals surface area contributed by atoms with Gasteiger partial charge in [-0.15, -0.1) is 0 Å². The molecule has 0 N–H and O–H groups in total. The van der Waals surface area contributed by atoms with Crippen molar-refractivity contribution >= 4 is 0 Å². The Morgan fingerprint density at radius 1 is 0.941 bits per heavy atom. The summed E-state index contributed by atoms with van der Waals surface area (Å²) in [6.07, 6.45) is 1.76. The van der Waals surface area contributed by atoms with E-state index >= 15 is 0 Å². The van der Waals surface area contributed by atoms with Crippen LogP contribution in [0.25, 0.3) is 0 Å². The fraction of sp³-hybridized carbons (Fsp3) is 0.214. The van der Waals surface area contributed by atoms with Crippen molar-refractivity contribution in [1.82, 2.24) is 4.98 Å². The molecule has 88 valence electrons. The number of ether oxygens (including phenoxy) is 2. The van der Waals surface area contributed by atoms with Gasteiger partial charge in [-0.1, -0.05) is 6.07 Å². The van der Waals surface area contributed by atoms with Crippen LogP contribution in [0.5, 0.6) is 11.5 Å². The number of hydrogen-bond acceptors (Lipinski definition) is 3. The minimum Gasteiger partial charge on any atom is -0.494 e. The number of pyridine rings is 1. The molecule has 0 aliphatic carbocycles. The molecule has 17 heavy (non-hydrogen) atoms. The van der Waals surface area contributed by atoms with Crippen molar-refractivity contribution in [3.8, 4) is 11.5 Å². The van der Waals surface area contributed by atoms with Crippen LogP contribution in [0, 0.1) is 0 Å². The summed E-state index contributed by atoms with van der Waals surface area (Å²) in [5, 5.41) is 0. The minimum absolute atomic E-state index is 0.481. The van der Waals surface area contributed by atoms with Gasteiger partial charge < -0.3 is 9.47 Å². The van der Waals surface area contributed by atoms with Gasteiger partial charge in [0, 0.05) is 6.20 Å². The molecule has 3 nitrogen and oxygen atoms in total. The molecule has 0 fully saturated rings. The lowest BCUT2D eigenvalue weighted by atomic mass is 10.3. The van der Waals surface area contributed by atoms with Crippen LogP contribution in [0.1, 0.15) is 12.6 Å². The topological polar surface area (TPSA) is 31.4 Å². The van der Waals surface area contributed by atoms with Crippen LogP contribution >= 0.6 is 0 Å². The van der Waals surface area contributed by atoms with Crippen molar-refractivity contribution in [2.75, 3.05) is 6.61 Å². The van der Waals surface area contributed by atoms with Crippen LogP contribution in [0.3, 0.4) is 0 Å². The third-order valence-electron chi connectivity index (χ3n) is 2.25. The third kappa shape index (κ3) is 3.48. The van der Waals surface area contributed by atoms with Gasteiger partial charge in [-0.25, -0.2) is 0 Å². The summed E-state index contributed by atoms with van der Waals surface area (Å²) in [5.41, 5.74) is 0.918. The van der Waals surface area contributed by atoms with Crippen molar-refractivity contribution in [3.63, 3.8) is 0 Å². The van der Waals surface area contributed by atoms with Gasteiger partial charge in [0.05, 0.1) is 12.3 Å². The van der Waals surface area contributed by atoms with E-state index in [4.69, 9.17) is 9.47 Å². The second-order valence-electron chi connectivity index (χ2n) is 3.51. The zero-order valence-electron chi connectivity index (χ0n) is 9.80. The summed E-state index contributed by atoms with van der Waals surface area (Å²) in [7, 11) is 0. The number of hydrogen-bond donors (Lipinski definition) is 0. The molecular formula is C14H15NO2. The summed E-state index contributed by atoms with van der Waals surface area (Å²) in [4.78, 5) is 4.19. The summed E-state index contributed by atoms with van der Waals surface area (Å²) in [5.74, 6) is 1.68. The predicted octanol–water partition coefficient (Wildman–Crippen LogP) is 3.06. The number of nitrogens with zero attached hydrogens (tertiary/aromatic N) is 1. The molecule has 3 heteroatoms. The van der Waals surface area contributed by atoms with E-state index in [0.717, 1.165) is 17.2 Å². The van der Waals surface area contributed by atoms with Gasteiger partial charge in [0.25, 0.3) is 0 Å². The fourth-order valence-corrected chi connectivity index (χ4v) is 1.44. The molecule has 0 radical (unpaired) electrons. The van der Waals surface area contributed by atoms with Crippen LogP contribution < -0.4 is 9.47 Å². The van der Waals surface area contributed by atoms with Gasteiger partial charge in [0.15, 0.2) is 0 Å². The highest BCUT2D eigenvalue weighted by molar-refractivity contribution is 5.31. The van der Waals surface area contributed by atoms with Gasteiger partial charge >= 0.3 is 0 Å². The average molecular weight is 229 g/mol. The van der Waals surface area contributed by atoms with E-state index in [1.807, 2.05) is 49.4 Å². The van der Waals surface area contributed by atoms with Gasteiger partial charge in [0.1, 0.15) is 18.1 Å². The molecule has 2 rings (SSSR count). The third-order valence-corrected chi connectivity index (χ3v) is 2.25. The molecule has 0 atom stereocenters. The number of rotatable bonds is 5. The summed E-state index contributed by atoms with van der Waals surface area (Å²) >= 11 is 0. The maximum atomic E-state index is 5.61. The van der Waals surface area contributed by atoms with Crippen LogP contribution in [-0.4, -0.2) is 11.6 Å². The Hall–Kier alpha value is -2.03. The molecule has 0 spiro atoms. The van der Waals surface area contributed by atoms with Crippen LogP contribution in [0.2, 0.25) is 0 Å². The van der Waals surface area contributed by atoms with E-state index in [9.17, 15) is 0 Å². The monoisotopic (exact) mass is 229 g/mol. The Morgan fingerprint density at radius 2 is 1.65 bits per heavy atom. The first-order valence-electron chi connectivity index (χ1n) is 5.64. The molecule has 2 aromatic rings. The van der Waals surface area contributed by atoms with Gasteiger partial charge in [-0.3, -0.25) is 4.98 Å². The van der Waals surface area contributed by atoms with Crippen LogP contribution in [-0.2, 0) is 6.61 Å². The Bertz CT molecular complexity index is 440. The minimum atomic E-state index is 0.481. The lowest BCUT2D eigenvalue weighted by molar-refractivity contribution is 0.299. The SMILES string of the molecule is CCOc1ccc(OCc2ccccn2)cc1. The van der Waals surface area contributed by atoms with E-state index in [2.05, 4.69) is 4.98 Å². The number of aromatic nitrogens is 1. The average Bonchev–Trinajstić information content (AvgIpc) is 2.40. The molecule has 1 heterocycles. The Morgan fingerprint density at radius 3 is 2.24 bits per heavy atom. The maximum absolute atomic E-state index is 5.61. The first-order chi connectivity index (χ1) is 8.38. The molecule has 0 bridgehead atoms. The molecule has 0 saturated heterocycles. The summed E-state index contributed by atoms with van der Waals surface area (Å²) in [6, 6.07) is 13.4. The fourth-order valence-electron chi connectivity index (χ4n) is 1.44. The maximum Gasteiger partial charge on any atom is 0.130 e. The zero-order valence-corrected chi connectivity index (χ0v) is 9.80. The van der Waals surface area contributed by atoms with E-state index < -0.39 is 0 Å². The van der Waals surface area contributed by atoms with E-state index in [-0.39, 0.29) is 0 Å². The highest BCUT2D eigenvalue weighted by atomic mass is 16.5. The van der Waals surface area contributed by atoms with Crippen LogP contribution in [0.15, 0.2) is 48.7 Å². The van der Waals surface area contributed by atoms with E-state index in [1.165, 1.54) is 0 Å². The second kappa shape index (κ2) is 5.89. The van der Waals surface area contributed by atoms with Crippen molar-refractivity contribution in [1.29, 1.82) is 0 Å². The first-order valence-corrected chi connectivity index (χ1v) is 5.64. The van der Waals surface area contributed by atoms with Crippen molar-refractivity contribution in [2.24, 2.45) is 0 Å². The van der Waals surface area contributed by atoms with Gasteiger partial charge in [-0.05, 0) is 43.3 Å². The standard InChI is InChI=1S/C14H15NO2/c1-2-16-13-6-8-14(9-7-13)17-11-12-5-3-4-10-15-12/h3-10H,2,11H2,1H3. The second-order valence-corrected chi connectivity index (χ2v) is 3.51. The highest BCUT2D eigenvalue weighted by Crippen LogP contribution is 2.18. The summed E-state index contributed by atoms with van der Waals surface area (Å²) < 4.78 is 11.0. The predicted molar refractivity (Wildman–Crippen MR) is 66.2 cm³/mol. The normalized spacial score (nSPS) is 9.94. The highest BCUT2D eigenvalue weighted by Gasteiger charge is 1.97. The quantitative estimate of drug-likeness (QED) is 0.789. The van der Waals surface area contributed by atoms with Crippen molar-refractivity contribution < 1.29 is 9.47 Å². The Labute approximate surface area is 101 Å². The smallest absolute Gasteiger partial charge is 0.130 e. The van der Waals surface area contributed by atoms with Crippen LogP contribution in [0.4, 0.5) is 0 Å². The molecule has 0 unspecified atom stereocenters. The zero-order chi connectivity index (χ0) is 11.9. The molecule has 0 amide bonds. The van der Waals surface area contributed by atoms with Crippen molar-refractivity contribution in [2.45, 2.75) is 13.5 Å². The van der Waals surface area contributed by atoms with E-state index in [0.29, 0.717) is 13.2 Å². The van der Waals surface area contributed by atoms with Crippen molar-refractivity contribution in [3.05, 3.63) is 54.4 Å². The molecule has 1 aromatic carbocycles. The molecule has 0 aliphatic rings.